The van der Waals surface area contributed by atoms with Crippen LogP contribution in [0.25, 0.3) is 11.4 Å². The molecule has 2 rings (SSSR count). The number of rotatable bonds is 7. The zero-order valence-electron chi connectivity index (χ0n) is 12.9. The first-order chi connectivity index (χ1) is 10.3. The molecule has 0 unspecified atom stereocenters. The number of nitrogens with one attached hydrogen (secondary N) is 1. The Labute approximate surface area is 125 Å². The third-order valence-electron chi connectivity index (χ3n) is 2.97. The molecule has 5 nitrogen and oxygen atoms in total. The highest BCUT2D eigenvalue weighted by molar-refractivity contribution is 5.57. The van der Waals surface area contributed by atoms with Crippen molar-refractivity contribution < 1.29 is 4.74 Å². The van der Waals surface area contributed by atoms with Gasteiger partial charge >= 0.3 is 6.01 Å². The lowest BCUT2D eigenvalue weighted by Gasteiger charge is -2.08. The van der Waals surface area contributed by atoms with Crippen molar-refractivity contribution in [2.24, 2.45) is 0 Å². The van der Waals surface area contributed by atoms with Crippen molar-refractivity contribution in [1.82, 2.24) is 15.0 Å². The van der Waals surface area contributed by atoms with Gasteiger partial charge in [-0.3, -0.25) is 0 Å². The van der Waals surface area contributed by atoms with Crippen LogP contribution in [-0.4, -0.2) is 28.1 Å². The summed E-state index contributed by atoms with van der Waals surface area (Å²) in [6, 6.07) is 8.69. The van der Waals surface area contributed by atoms with Crippen LogP contribution in [0.4, 0.5) is 5.95 Å². The van der Waals surface area contributed by atoms with Gasteiger partial charge in [-0.25, -0.2) is 0 Å². The molecule has 0 aliphatic heterocycles. The lowest BCUT2D eigenvalue weighted by Crippen LogP contribution is -2.07. The molecule has 21 heavy (non-hydrogen) atoms. The summed E-state index contributed by atoms with van der Waals surface area (Å²) in [7, 11) is 0. The second-order valence-corrected chi connectivity index (χ2v) is 4.68. The third-order valence-corrected chi connectivity index (χ3v) is 2.97. The predicted molar refractivity (Wildman–Crippen MR) is 84.6 cm³/mol. The Bertz CT molecular complexity index is 545. The standard InChI is InChI=1S/C16H22N4O/c1-4-7-12-8-10-13(11-9-12)14-18-15(17-5-2)20-16(19-14)21-6-3/h8-11H,4-7H2,1-3H3,(H,17,18,19,20). The number of aromatic nitrogens is 3. The van der Waals surface area contributed by atoms with E-state index in [1.54, 1.807) is 0 Å². The van der Waals surface area contributed by atoms with E-state index < -0.39 is 0 Å². The number of hydrogen-bond acceptors (Lipinski definition) is 5. The average Bonchev–Trinajstić information content (AvgIpc) is 2.49. The van der Waals surface area contributed by atoms with Crippen LogP contribution >= 0.6 is 0 Å². The third kappa shape index (κ3) is 4.15. The lowest BCUT2D eigenvalue weighted by molar-refractivity contribution is 0.312. The van der Waals surface area contributed by atoms with Gasteiger partial charge in [-0.2, -0.15) is 15.0 Å². The van der Waals surface area contributed by atoms with Gasteiger partial charge in [0.25, 0.3) is 0 Å². The quantitative estimate of drug-likeness (QED) is 0.846. The highest BCUT2D eigenvalue weighted by Gasteiger charge is 2.09. The predicted octanol–water partition coefficient (Wildman–Crippen LogP) is 3.32. The number of ether oxygens (including phenoxy) is 1. The largest absolute Gasteiger partial charge is 0.464 e. The summed E-state index contributed by atoms with van der Waals surface area (Å²) in [5.74, 6) is 1.18. The van der Waals surface area contributed by atoms with Crippen LogP contribution in [0.15, 0.2) is 24.3 Å². The van der Waals surface area contributed by atoms with Gasteiger partial charge in [0.05, 0.1) is 6.61 Å². The molecule has 2 aromatic rings. The molecular formula is C16H22N4O. The van der Waals surface area contributed by atoms with Crippen LogP contribution < -0.4 is 10.1 Å². The minimum atomic E-state index is 0.357. The van der Waals surface area contributed by atoms with Crippen molar-refractivity contribution in [3.63, 3.8) is 0 Å². The summed E-state index contributed by atoms with van der Waals surface area (Å²) in [6.45, 7) is 7.38. The first-order valence-electron chi connectivity index (χ1n) is 7.48. The van der Waals surface area contributed by atoms with Gasteiger partial charge in [0, 0.05) is 12.1 Å². The first kappa shape index (κ1) is 15.2. The van der Waals surface area contributed by atoms with Crippen LogP contribution in [0.1, 0.15) is 32.8 Å². The van der Waals surface area contributed by atoms with Crippen LogP contribution in [0.3, 0.4) is 0 Å². The van der Waals surface area contributed by atoms with Gasteiger partial charge in [-0.1, -0.05) is 37.6 Å². The van der Waals surface area contributed by atoms with Crippen molar-refractivity contribution >= 4 is 5.95 Å². The summed E-state index contributed by atoms with van der Waals surface area (Å²) >= 11 is 0. The summed E-state index contributed by atoms with van der Waals surface area (Å²) < 4.78 is 5.42. The molecule has 0 fully saturated rings. The highest BCUT2D eigenvalue weighted by atomic mass is 16.5. The molecule has 0 atom stereocenters. The zero-order chi connectivity index (χ0) is 15.1. The maximum atomic E-state index is 5.42. The maximum Gasteiger partial charge on any atom is 0.321 e. The van der Waals surface area contributed by atoms with Gasteiger partial charge in [0.2, 0.25) is 5.95 Å². The van der Waals surface area contributed by atoms with Crippen molar-refractivity contribution in [2.45, 2.75) is 33.6 Å². The molecule has 0 radical (unpaired) electrons. The lowest BCUT2D eigenvalue weighted by atomic mass is 10.1. The van der Waals surface area contributed by atoms with E-state index in [2.05, 4.69) is 39.3 Å². The van der Waals surface area contributed by atoms with Gasteiger partial charge in [0.15, 0.2) is 5.82 Å². The van der Waals surface area contributed by atoms with Crippen molar-refractivity contribution in [2.75, 3.05) is 18.5 Å². The topological polar surface area (TPSA) is 59.9 Å². The maximum absolute atomic E-state index is 5.42. The second kappa shape index (κ2) is 7.57. The van der Waals surface area contributed by atoms with Crippen molar-refractivity contribution in [1.29, 1.82) is 0 Å². The molecule has 0 saturated heterocycles. The number of hydrogen-bond donors (Lipinski definition) is 1. The second-order valence-electron chi connectivity index (χ2n) is 4.68. The number of benzene rings is 1. The fourth-order valence-corrected chi connectivity index (χ4v) is 2.03. The van der Waals surface area contributed by atoms with E-state index >= 15 is 0 Å². The van der Waals surface area contributed by atoms with E-state index in [0.717, 1.165) is 24.9 Å². The molecule has 112 valence electrons. The first-order valence-corrected chi connectivity index (χ1v) is 7.48. The van der Waals surface area contributed by atoms with Crippen molar-refractivity contribution in [3.05, 3.63) is 29.8 Å². The van der Waals surface area contributed by atoms with Crippen LogP contribution in [0, 0.1) is 0 Å². The fourth-order valence-electron chi connectivity index (χ4n) is 2.03. The van der Waals surface area contributed by atoms with E-state index in [1.165, 1.54) is 5.56 Å². The van der Waals surface area contributed by atoms with Crippen LogP contribution in [0.5, 0.6) is 6.01 Å². The van der Waals surface area contributed by atoms with Gasteiger partial charge < -0.3 is 10.1 Å². The molecule has 0 aliphatic carbocycles. The molecule has 1 heterocycles. The van der Waals surface area contributed by atoms with E-state index in [4.69, 9.17) is 4.74 Å². The Kier molecular flexibility index (Phi) is 5.49. The van der Waals surface area contributed by atoms with E-state index in [1.807, 2.05) is 26.0 Å². The average molecular weight is 286 g/mol. The van der Waals surface area contributed by atoms with Gasteiger partial charge in [-0.05, 0) is 25.8 Å². The van der Waals surface area contributed by atoms with E-state index in [9.17, 15) is 0 Å². The normalized spacial score (nSPS) is 10.4. The molecule has 1 aromatic heterocycles. The Morgan fingerprint density at radius 3 is 2.38 bits per heavy atom. The van der Waals surface area contributed by atoms with Crippen molar-refractivity contribution in [3.8, 4) is 17.4 Å². The molecule has 0 spiro atoms. The smallest absolute Gasteiger partial charge is 0.321 e. The van der Waals surface area contributed by atoms with Gasteiger partial charge in [0.1, 0.15) is 0 Å². The number of anilines is 1. The monoisotopic (exact) mass is 286 g/mol. The van der Waals surface area contributed by atoms with Crippen LogP contribution in [0.2, 0.25) is 0 Å². The van der Waals surface area contributed by atoms with Crippen LogP contribution in [-0.2, 0) is 6.42 Å². The van der Waals surface area contributed by atoms with E-state index in [0.29, 0.717) is 24.4 Å². The molecule has 0 amide bonds. The summed E-state index contributed by atoms with van der Waals surface area (Å²) in [5.41, 5.74) is 2.30. The molecule has 5 heteroatoms. The Morgan fingerprint density at radius 1 is 1.00 bits per heavy atom. The zero-order valence-corrected chi connectivity index (χ0v) is 12.9. The highest BCUT2D eigenvalue weighted by Crippen LogP contribution is 2.20. The number of aryl methyl sites for hydroxylation is 1. The molecule has 0 bridgehead atoms. The summed E-state index contributed by atoms with van der Waals surface area (Å²) in [6.07, 6.45) is 2.23. The minimum Gasteiger partial charge on any atom is -0.464 e. The SMILES string of the molecule is CCCc1ccc(-c2nc(NCC)nc(OCC)n2)cc1. The molecular weight excluding hydrogens is 264 g/mol. The minimum absolute atomic E-state index is 0.357. The Morgan fingerprint density at radius 2 is 1.76 bits per heavy atom. The molecule has 0 aliphatic rings. The number of nitrogens with zero attached hydrogens (tertiary/aromatic N) is 3. The summed E-state index contributed by atoms with van der Waals surface area (Å²) in [4.78, 5) is 13.0. The van der Waals surface area contributed by atoms with E-state index in [-0.39, 0.29) is 0 Å². The Balaban J connectivity index is 2.32. The fraction of sp³-hybridized carbons (Fsp3) is 0.438. The molecule has 1 N–H and O–H groups in total. The molecule has 1 aromatic carbocycles. The molecule has 0 saturated carbocycles. The Hall–Kier alpha value is -2.17. The van der Waals surface area contributed by atoms with Gasteiger partial charge in [-0.15, -0.1) is 0 Å². The summed E-state index contributed by atoms with van der Waals surface area (Å²) in [5, 5.41) is 3.11.